The average Bonchev–Trinajstić information content (AvgIpc) is 3.07. The van der Waals surface area contributed by atoms with Crippen LogP contribution in [0.15, 0.2) is 16.7 Å². The SMILES string of the molecule is COc1cc(CCC(=O)N2CCOC(c3nc(C)cc(C)n3)C2)on1. The quantitative estimate of drug-likeness (QED) is 0.812. The minimum atomic E-state index is -0.290. The third-order valence-corrected chi connectivity index (χ3v) is 4.04. The standard InChI is InChI=1S/C17H22N4O4/c1-11-8-12(2)19-17(18-11)14-10-21(6-7-24-14)16(22)5-4-13-9-15(23-3)20-25-13/h8-9,14H,4-7,10H2,1-3H3. The highest BCUT2D eigenvalue weighted by molar-refractivity contribution is 5.76. The summed E-state index contributed by atoms with van der Waals surface area (Å²) in [6.07, 6.45) is 0.539. The third-order valence-electron chi connectivity index (χ3n) is 4.04. The second-order valence-electron chi connectivity index (χ2n) is 6.04. The van der Waals surface area contributed by atoms with E-state index in [1.54, 1.807) is 11.0 Å². The molecule has 3 rings (SSSR count). The van der Waals surface area contributed by atoms with Crippen molar-refractivity contribution in [1.29, 1.82) is 0 Å². The number of morpholine rings is 1. The van der Waals surface area contributed by atoms with Gasteiger partial charge in [0.2, 0.25) is 5.91 Å². The second kappa shape index (κ2) is 7.60. The average molecular weight is 346 g/mol. The molecule has 1 amide bonds. The molecule has 0 bridgehead atoms. The van der Waals surface area contributed by atoms with E-state index in [-0.39, 0.29) is 12.0 Å². The number of ether oxygens (including phenoxy) is 2. The summed E-state index contributed by atoms with van der Waals surface area (Å²) in [7, 11) is 1.52. The van der Waals surface area contributed by atoms with Crippen molar-refractivity contribution in [3.8, 4) is 5.88 Å². The zero-order chi connectivity index (χ0) is 17.8. The lowest BCUT2D eigenvalue weighted by Gasteiger charge is -2.32. The van der Waals surface area contributed by atoms with Crippen LogP contribution >= 0.6 is 0 Å². The van der Waals surface area contributed by atoms with Gasteiger partial charge >= 0.3 is 0 Å². The van der Waals surface area contributed by atoms with Crippen molar-refractivity contribution in [2.75, 3.05) is 26.8 Å². The molecule has 0 aliphatic carbocycles. The molecule has 0 spiro atoms. The van der Waals surface area contributed by atoms with Crippen LogP contribution in [0.5, 0.6) is 5.88 Å². The summed E-state index contributed by atoms with van der Waals surface area (Å²) in [4.78, 5) is 23.2. The molecule has 1 aliphatic heterocycles. The molecule has 2 aromatic rings. The molecule has 2 aromatic heterocycles. The van der Waals surface area contributed by atoms with Gasteiger partial charge in [-0.05, 0) is 25.1 Å². The lowest BCUT2D eigenvalue weighted by atomic mass is 10.2. The zero-order valence-electron chi connectivity index (χ0n) is 14.7. The molecule has 134 valence electrons. The van der Waals surface area contributed by atoms with Gasteiger partial charge in [-0.3, -0.25) is 4.79 Å². The molecule has 8 heteroatoms. The van der Waals surface area contributed by atoms with Crippen LogP contribution in [0.2, 0.25) is 0 Å². The monoisotopic (exact) mass is 346 g/mol. The molecule has 1 fully saturated rings. The number of amides is 1. The van der Waals surface area contributed by atoms with E-state index < -0.39 is 0 Å². The fraction of sp³-hybridized carbons (Fsp3) is 0.529. The van der Waals surface area contributed by atoms with E-state index in [0.29, 0.717) is 50.0 Å². The predicted octanol–water partition coefficient (Wildman–Crippen LogP) is 1.62. The fourth-order valence-corrected chi connectivity index (χ4v) is 2.83. The van der Waals surface area contributed by atoms with Crippen molar-refractivity contribution < 1.29 is 18.8 Å². The van der Waals surface area contributed by atoms with Crippen LogP contribution in [0.1, 0.15) is 35.5 Å². The first kappa shape index (κ1) is 17.3. The molecule has 1 aliphatic rings. The number of aromatic nitrogens is 3. The van der Waals surface area contributed by atoms with Crippen LogP contribution in [0.25, 0.3) is 0 Å². The number of hydrogen-bond donors (Lipinski definition) is 0. The van der Waals surface area contributed by atoms with E-state index in [0.717, 1.165) is 11.4 Å². The predicted molar refractivity (Wildman–Crippen MR) is 88.2 cm³/mol. The van der Waals surface area contributed by atoms with E-state index in [2.05, 4.69) is 15.1 Å². The number of aryl methyl sites for hydroxylation is 3. The summed E-state index contributed by atoms with van der Waals surface area (Å²) in [5.41, 5.74) is 1.79. The van der Waals surface area contributed by atoms with Crippen molar-refractivity contribution in [3.63, 3.8) is 0 Å². The first-order valence-electron chi connectivity index (χ1n) is 8.26. The second-order valence-corrected chi connectivity index (χ2v) is 6.04. The largest absolute Gasteiger partial charge is 0.479 e. The minimum absolute atomic E-state index is 0.0491. The highest BCUT2D eigenvalue weighted by atomic mass is 16.5. The van der Waals surface area contributed by atoms with Crippen molar-refractivity contribution in [1.82, 2.24) is 20.0 Å². The molecule has 3 heterocycles. The molecular weight excluding hydrogens is 324 g/mol. The first-order valence-corrected chi connectivity index (χ1v) is 8.26. The zero-order valence-corrected chi connectivity index (χ0v) is 14.7. The summed E-state index contributed by atoms with van der Waals surface area (Å²) >= 11 is 0. The fourth-order valence-electron chi connectivity index (χ4n) is 2.83. The maximum Gasteiger partial charge on any atom is 0.254 e. The van der Waals surface area contributed by atoms with Gasteiger partial charge in [0.25, 0.3) is 5.88 Å². The summed E-state index contributed by atoms with van der Waals surface area (Å²) in [5, 5.41) is 3.73. The summed E-state index contributed by atoms with van der Waals surface area (Å²) in [5.74, 6) is 1.73. The van der Waals surface area contributed by atoms with Gasteiger partial charge in [0.15, 0.2) is 5.82 Å². The van der Waals surface area contributed by atoms with Gasteiger partial charge in [-0.25, -0.2) is 9.97 Å². The van der Waals surface area contributed by atoms with Crippen LogP contribution in [-0.2, 0) is 16.0 Å². The lowest BCUT2D eigenvalue weighted by Crippen LogP contribution is -2.42. The van der Waals surface area contributed by atoms with Crippen molar-refractivity contribution in [2.45, 2.75) is 32.8 Å². The Morgan fingerprint density at radius 3 is 2.76 bits per heavy atom. The number of carbonyl (C=O) groups excluding carboxylic acids is 1. The van der Waals surface area contributed by atoms with Gasteiger partial charge in [0, 0.05) is 36.8 Å². The van der Waals surface area contributed by atoms with E-state index in [9.17, 15) is 4.79 Å². The molecule has 0 aromatic carbocycles. The van der Waals surface area contributed by atoms with Crippen LogP contribution in [0.4, 0.5) is 0 Å². The molecule has 1 saturated heterocycles. The smallest absolute Gasteiger partial charge is 0.254 e. The van der Waals surface area contributed by atoms with Gasteiger partial charge in [-0.15, -0.1) is 0 Å². The highest BCUT2D eigenvalue weighted by Gasteiger charge is 2.27. The Morgan fingerprint density at radius 2 is 2.08 bits per heavy atom. The Balaban J connectivity index is 1.59. The van der Waals surface area contributed by atoms with E-state index in [4.69, 9.17) is 14.0 Å². The number of carbonyl (C=O) groups is 1. The Labute approximate surface area is 146 Å². The summed E-state index contributed by atoms with van der Waals surface area (Å²) in [6, 6.07) is 3.61. The van der Waals surface area contributed by atoms with E-state index in [1.165, 1.54) is 7.11 Å². The van der Waals surface area contributed by atoms with Crippen molar-refractivity contribution in [3.05, 3.63) is 35.1 Å². The van der Waals surface area contributed by atoms with E-state index >= 15 is 0 Å². The molecule has 8 nitrogen and oxygen atoms in total. The van der Waals surface area contributed by atoms with Crippen molar-refractivity contribution in [2.24, 2.45) is 0 Å². The Kier molecular flexibility index (Phi) is 5.28. The van der Waals surface area contributed by atoms with Gasteiger partial charge in [0.1, 0.15) is 11.9 Å². The number of rotatable bonds is 5. The molecule has 1 unspecified atom stereocenters. The van der Waals surface area contributed by atoms with Crippen LogP contribution < -0.4 is 4.74 Å². The molecule has 25 heavy (non-hydrogen) atoms. The normalized spacial score (nSPS) is 17.6. The van der Waals surface area contributed by atoms with Gasteiger partial charge in [0.05, 0.1) is 20.3 Å². The maximum atomic E-state index is 12.5. The maximum absolute atomic E-state index is 12.5. The number of methoxy groups -OCH3 is 1. The summed E-state index contributed by atoms with van der Waals surface area (Å²) < 4.78 is 15.9. The summed E-state index contributed by atoms with van der Waals surface area (Å²) in [6.45, 7) is 5.36. The van der Waals surface area contributed by atoms with Crippen LogP contribution in [0, 0.1) is 13.8 Å². The van der Waals surface area contributed by atoms with Crippen LogP contribution in [-0.4, -0.2) is 52.7 Å². The molecular formula is C17H22N4O4. The lowest BCUT2D eigenvalue weighted by molar-refractivity contribution is -0.139. The number of hydrogen-bond acceptors (Lipinski definition) is 7. The molecule has 0 N–H and O–H groups in total. The minimum Gasteiger partial charge on any atom is -0.479 e. The Hall–Kier alpha value is -2.48. The van der Waals surface area contributed by atoms with Crippen LogP contribution in [0.3, 0.4) is 0 Å². The molecule has 0 radical (unpaired) electrons. The topological polar surface area (TPSA) is 90.6 Å². The molecule has 1 atom stereocenters. The van der Waals surface area contributed by atoms with Gasteiger partial charge in [-0.2, -0.15) is 0 Å². The Bertz CT molecular complexity index is 726. The Morgan fingerprint density at radius 1 is 1.32 bits per heavy atom. The van der Waals surface area contributed by atoms with E-state index in [1.807, 2.05) is 19.9 Å². The van der Waals surface area contributed by atoms with Gasteiger partial charge < -0.3 is 18.9 Å². The molecule has 0 saturated carbocycles. The van der Waals surface area contributed by atoms with Gasteiger partial charge in [-0.1, -0.05) is 0 Å². The first-order chi connectivity index (χ1) is 12.0. The highest BCUT2D eigenvalue weighted by Crippen LogP contribution is 2.21. The third kappa shape index (κ3) is 4.33. The number of nitrogens with zero attached hydrogens (tertiary/aromatic N) is 4. The van der Waals surface area contributed by atoms with Crippen molar-refractivity contribution >= 4 is 5.91 Å².